The predicted molar refractivity (Wildman–Crippen MR) is 99.9 cm³/mol. The zero-order valence-corrected chi connectivity index (χ0v) is 14.4. The maximum absolute atomic E-state index is 13.8. The van der Waals surface area contributed by atoms with E-state index in [4.69, 9.17) is 0 Å². The van der Waals surface area contributed by atoms with Gasteiger partial charge in [-0.15, -0.1) is 5.10 Å². The van der Waals surface area contributed by atoms with E-state index >= 15 is 0 Å². The smallest absolute Gasteiger partial charge is 0.267 e. The van der Waals surface area contributed by atoms with Gasteiger partial charge in [0.15, 0.2) is 0 Å². The molecule has 1 aliphatic rings. The van der Waals surface area contributed by atoms with E-state index in [2.05, 4.69) is 26.4 Å². The maximum atomic E-state index is 13.8. The Morgan fingerprint density at radius 1 is 1.15 bits per heavy atom. The zero-order valence-electron chi connectivity index (χ0n) is 14.4. The highest BCUT2D eigenvalue weighted by atomic mass is 19.3. The summed E-state index contributed by atoms with van der Waals surface area (Å²) in [5.74, 6) is -3.01. The molecule has 3 heterocycles. The summed E-state index contributed by atoms with van der Waals surface area (Å²) in [4.78, 5) is 8.56. The van der Waals surface area contributed by atoms with Gasteiger partial charge in [-0.05, 0) is 42.7 Å². The van der Waals surface area contributed by atoms with E-state index in [1.807, 2.05) is 36.5 Å². The van der Waals surface area contributed by atoms with E-state index < -0.39 is 18.4 Å². The number of pyridine rings is 1. The van der Waals surface area contributed by atoms with Crippen molar-refractivity contribution >= 4 is 22.4 Å². The van der Waals surface area contributed by atoms with Crippen LogP contribution in [0, 0.1) is 5.92 Å². The van der Waals surface area contributed by atoms with Crippen LogP contribution in [-0.2, 0) is 0 Å². The van der Waals surface area contributed by atoms with E-state index in [1.54, 1.807) is 16.9 Å². The minimum absolute atomic E-state index is 0.202. The van der Waals surface area contributed by atoms with Gasteiger partial charge in [-0.1, -0.05) is 12.1 Å². The topological polar surface area (TPSA) is 55.1 Å². The molecular formula is C20H17F2N5. The fraction of sp³-hybridized carbons (Fsp3) is 0.250. The summed E-state index contributed by atoms with van der Waals surface area (Å²) in [6, 6.07) is 11.9. The first-order chi connectivity index (χ1) is 13.1. The Kier molecular flexibility index (Phi) is 3.56. The van der Waals surface area contributed by atoms with Gasteiger partial charge in [0.05, 0.1) is 23.8 Å². The van der Waals surface area contributed by atoms with Crippen molar-refractivity contribution in [3.63, 3.8) is 0 Å². The molecule has 3 aromatic heterocycles. The molecule has 0 atom stereocenters. The fourth-order valence-corrected chi connectivity index (χ4v) is 3.32. The Balaban J connectivity index is 1.44. The molecule has 0 radical (unpaired) electrons. The van der Waals surface area contributed by atoms with Gasteiger partial charge in [-0.2, -0.15) is 0 Å². The first kappa shape index (κ1) is 16.1. The molecule has 0 aliphatic heterocycles. The number of alkyl halides is 2. The molecule has 0 saturated heterocycles. The van der Waals surface area contributed by atoms with Crippen LogP contribution >= 0.6 is 0 Å². The van der Waals surface area contributed by atoms with Gasteiger partial charge >= 0.3 is 0 Å². The third kappa shape index (κ3) is 2.99. The van der Waals surface area contributed by atoms with Crippen molar-refractivity contribution in [2.45, 2.75) is 18.8 Å². The van der Waals surface area contributed by atoms with Crippen molar-refractivity contribution in [3.8, 4) is 11.1 Å². The normalized spacial score (nSPS) is 14.7. The van der Waals surface area contributed by atoms with Crippen molar-refractivity contribution in [3.05, 3.63) is 55.0 Å². The second-order valence-electron chi connectivity index (χ2n) is 6.94. The van der Waals surface area contributed by atoms with E-state index in [1.165, 1.54) is 0 Å². The lowest BCUT2D eigenvalue weighted by atomic mass is 10.0. The number of rotatable bonds is 5. The number of hydrogen-bond donors (Lipinski definition) is 1. The third-order valence-corrected chi connectivity index (χ3v) is 4.99. The van der Waals surface area contributed by atoms with Crippen molar-refractivity contribution in [2.75, 3.05) is 11.9 Å². The summed E-state index contributed by atoms with van der Waals surface area (Å²) in [6.45, 7) is -0.436. The minimum Gasteiger partial charge on any atom is -0.347 e. The SMILES string of the molecule is FC(F)(CNc1ncc2c(-c3ccc4ncccc4c3)ccn2n1)C1CC1. The van der Waals surface area contributed by atoms with Gasteiger partial charge in [-0.3, -0.25) is 4.98 Å². The molecule has 7 heteroatoms. The highest BCUT2D eigenvalue weighted by Gasteiger charge is 2.46. The molecule has 0 amide bonds. The maximum Gasteiger partial charge on any atom is 0.267 e. The Hall–Kier alpha value is -3.09. The number of nitrogens with one attached hydrogen (secondary N) is 1. The number of hydrogen-bond acceptors (Lipinski definition) is 4. The highest BCUT2D eigenvalue weighted by molar-refractivity contribution is 5.88. The van der Waals surface area contributed by atoms with Crippen LogP contribution in [0.5, 0.6) is 0 Å². The molecule has 5 rings (SSSR count). The van der Waals surface area contributed by atoms with Gasteiger partial charge in [0.1, 0.15) is 0 Å². The Bertz CT molecular complexity index is 1130. The summed E-state index contributed by atoms with van der Waals surface area (Å²) < 4.78 is 29.3. The van der Waals surface area contributed by atoms with Gasteiger partial charge in [-0.25, -0.2) is 18.3 Å². The quantitative estimate of drug-likeness (QED) is 0.569. The van der Waals surface area contributed by atoms with E-state index in [-0.39, 0.29) is 5.95 Å². The largest absolute Gasteiger partial charge is 0.347 e. The van der Waals surface area contributed by atoms with Crippen molar-refractivity contribution in [2.24, 2.45) is 5.92 Å². The number of fused-ring (bicyclic) bond motifs is 2. The van der Waals surface area contributed by atoms with E-state index in [9.17, 15) is 8.78 Å². The van der Waals surface area contributed by atoms with E-state index in [0.29, 0.717) is 12.8 Å². The molecule has 0 bridgehead atoms. The minimum atomic E-state index is -2.71. The van der Waals surface area contributed by atoms with Crippen LogP contribution < -0.4 is 5.32 Å². The Morgan fingerprint density at radius 2 is 2.04 bits per heavy atom. The molecule has 0 spiro atoms. The monoisotopic (exact) mass is 365 g/mol. The Morgan fingerprint density at radius 3 is 2.89 bits per heavy atom. The second-order valence-corrected chi connectivity index (χ2v) is 6.94. The number of benzene rings is 1. The second kappa shape index (κ2) is 5.97. The first-order valence-corrected chi connectivity index (χ1v) is 8.91. The summed E-state index contributed by atoms with van der Waals surface area (Å²) in [6.07, 6.45) is 6.43. The van der Waals surface area contributed by atoms with Crippen LogP contribution in [0.15, 0.2) is 55.0 Å². The molecule has 5 nitrogen and oxygen atoms in total. The molecule has 136 valence electrons. The van der Waals surface area contributed by atoms with Crippen molar-refractivity contribution in [1.82, 2.24) is 19.6 Å². The summed E-state index contributed by atoms with van der Waals surface area (Å²) in [5, 5.41) is 8.04. The number of aromatic nitrogens is 4. The van der Waals surface area contributed by atoms with Crippen LogP contribution in [0.1, 0.15) is 12.8 Å². The first-order valence-electron chi connectivity index (χ1n) is 8.91. The highest BCUT2D eigenvalue weighted by Crippen LogP contribution is 2.43. The lowest BCUT2D eigenvalue weighted by molar-refractivity contribution is -0.00833. The predicted octanol–water partition coefficient (Wildman–Crippen LogP) is 4.40. The molecule has 27 heavy (non-hydrogen) atoms. The van der Waals surface area contributed by atoms with Crippen LogP contribution in [0.25, 0.3) is 27.5 Å². The third-order valence-electron chi connectivity index (χ3n) is 4.99. The summed E-state index contributed by atoms with van der Waals surface area (Å²) in [5.41, 5.74) is 3.76. The lowest BCUT2D eigenvalue weighted by Crippen LogP contribution is -2.30. The van der Waals surface area contributed by atoms with Gasteiger partial charge in [0.2, 0.25) is 5.95 Å². The summed E-state index contributed by atoms with van der Waals surface area (Å²) >= 11 is 0. The van der Waals surface area contributed by atoms with E-state index in [0.717, 1.165) is 27.5 Å². The standard InChI is InChI=1S/C20H17F2N5/c21-20(22,15-4-5-15)12-25-19-24-11-18-16(7-9-27(18)26-19)13-3-6-17-14(10-13)2-1-8-23-17/h1-3,6-11,15H,4-5,12H2,(H,25,26). The number of nitrogens with zero attached hydrogens (tertiary/aromatic N) is 4. The Labute approximate surface area is 154 Å². The average molecular weight is 365 g/mol. The molecule has 1 saturated carbocycles. The number of halogens is 2. The molecule has 1 aromatic carbocycles. The zero-order chi connectivity index (χ0) is 18.4. The van der Waals surface area contributed by atoms with Crippen LogP contribution in [0.4, 0.5) is 14.7 Å². The molecule has 4 aromatic rings. The van der Waals surface area contributed by atoms with Crippen molar-refractivity contribution < 1.29 is 8.78 Å². The molecule has 1 aliphatic carbocycles. The van der Waals surface area contributed by atoms with Gasteiger partial charge in [0.25, 0.3) is 5.92 Å². The molecule has 1 fully saturated rings. The lowest BCUT2D eigenvalue weighted by Gasteiger charge is -2.15. The number of anilines is 1. The van der Waals surface area contributed by atoms with Crippen molar-refractivity contribution in [1.29, 1.82) is 0 Å². The average Bonchev–Trinajstić information content (AvgIpc) is 3.47. The van der Waals surface area contributed by atoms with Crippen LogP contribution in [0.3, 0.4) is 0 Å². The molecular weight excluding hydrogens is 348 g/mol. The summed E-state index contributed by atoms with van der Waals surface area (Å²) in [7, 11) is 0. The van der Waals surface area contributed by atoms with Crippen LogP contribution in [0.2, 0.25) is 0 Å². The van der Waals surface area contributed by atoms with Crippen LogP contribution in [-0.4, -0.2) is 32.0 Å². The van der Waals surface area contributed by atoms with Gasteiger partial charge < -0.3 is 5.32 Å². The fourth-order valence-electron chi connectivity index (χ4n) is 3.32. The molecule has 0 unspecified atom stereocenters. The molecule has 1 N–H and O–H groups in total. The van der Waals surface area contributed by atoms with Gasteiger partial charge in [0, 0.05) is 29.3 Å².